The molecule has 64 heavy (non-hydrogen) atoms. The molecule has 4 aromatic carbocycles. The zero-order valence-electron chi connectivity index (χ0n) is 36.1. The summed E-state index contributed by atoms with van der Waals surface area (Å²) < 4.78 is 17.7. The van der Waals surface area contributed by atoms with Crippen LogP contribution in [0.5, 0.6) is 17.2 Å². The Morgan fingerprint density at radius 3 is 2.28 bits per heavy atom. The number of hydrogen-bond acceptors (Lipinski definition) is 10. The van der Waals surface area contributed by atoms with E-state index in [2.05, 4.69) is 6.58 Å². The van der Waals surface area contributed by atoms with Gasteiger partial charge < -0.3 is 29.3 Å². The zero-order valence-corrected chi connectivity index (χ0v) is 36.1. The minimum atomic E-state index is -1.26. The number of anilines is 1. The Hall–Kier alpha value is -6.60. The summed E-state index contributed by atoms with van der Waals surface area (Å²) in [4.78, 5) is 57.3. The molecular weight excluding hydrogens is 813 g/mol. The van der Waals surface area contributed by atoms with Crippen molar-refractivity contribution in [3.05, 3.63) is 161 Å². The van der Waals surface area contributed by atoms with Crippen molar-refractivity contribution in [1.82, 2.24) is 4.90 Å². The highest BCUT2D eigenvalue weighted by Gasteiger charge is 2.42. The summed E-state index contributed by atoms with van der Waals surface area (Å²) in [6.07, 6.45) is 10.4. The fourth-order valence-corrected chi connectivity index (χ4v) is 8.38. The predicted molar refractivity (Wildman–Crippen MR) is 240 cm³/mol. The van der Waals surface area contributed by atoms with Crippen molar-refractivity contribution in [2.24, 2.45) is 5.92 Å². The molecule has 0 spiro atoms. The standard InChI is InChI=1S/C52H52N2O10/c1-34(37-11-18-41(19-12-37)62-32-36-10-23-44-46(29-36)51(2,59)31-47(44)55)38-13-20-42(21-14-38)64-43-22-15-39-33-63-54(50(58)45(39)30-43)40-16-8-35(9-17-40)25-28-61-49(57)7-5-4-6-27-53-48(56)24-26-52(53,3)60/h8-9,11-24,26,29-30,36,59-60H,1,4-7,10,25,27-28,31-33H2,2-3H3/t36?,51-,52?/m0/s1. The van der Waals surface area contributed by atoms with Crippen LogP contribution in [0, 0.1) is 5.92 Å². The Kier molecular flexibility index (Phi) is 12.8. The Morgan fingerprint density at radius 1 is 0.875 bits per heavy atom. The van der Waals surface area contributed by atoms with E-state index in [0.717, 1.165) is 40.0 Å². The molecule has 12 heteroatoms. The van der Waals surface area contributed by atoms with Crippen molar-refractivity contribution in [3.8, 4) is 17.2 Å². The van der Waals surface area contributed by atoms with E-state index in [4.69, 9.17) is 19.0 Å². The van der Waals surface area contributed by atoms with Crippen LogP contribution >= 0.6 is 0 Å². The number of fused-ring (bicyclic) bond motifs is 2. The number of nitrogens with zero attached hydrogens (tertiary/aromatic N) is 2. The lowest BCUT2D eigenvalue weighted by atomic mass is 9.87. The van der Waals surface area contributed by atoms with Gasteiger partial charge in [0, 0.05) is 43.4 Å². The van der Waals surface area contributed by atoms with Gasteiger partial charge in [0.15, 0.2) is 11.5 Å². The molecule has 4 aliphatic rings. The van der Waals surface area contributed by atoms with Crippen LogP contribution in [0.3, 0.4) is 0 Å². The highest BCUT2D eigenvalue weighted by molar-refractivity contribution is 6.07. The molecule has 12 nitrogen and oxygen atoms in total. The van der Waals surface area contributed by atoms with Gasteiger partial charge in [0.2, 0.25) is 5.91 Å². The van der Waals surface area contributed by atoms with Crippen molar-refractivity contribution in [3.63, 3.8) is 0 Å². The van der Waals surface area contributed by atoms with E-state index < -0.39 is 11.3 Å². The number of amides is 2. The molecule has 3 atom stereocenters. The lowest BCUT2D eigenvalue weighted by molar-refractivity contribution is -0.144. The molecule has 4 aromatic rings. The molecule has 8 rings (SSSR count). The highest BCUT2D eigenvalue weighted by Crippen LogP contribution is 2.41. The second-order valence-corrected chi connectivity index (χ2v) is 17.1. The molecule has 2 N–H and O–H groups in total. The molecule has 0 bridgehead atoms. The van der Waals surface area contributed by atoms with Gasteiger partial charge in [0.25, 0.3) is 5.91 Å². The number of carbonyl (C=O) groups excluding carboxylic acids is 4. The molecule has 2 heterocycles. The van der Waals surface area contributed by atoms with Crippen LogP contribution in [0.2, 0.25) is 0 Å². The number of ketones is 1. The molecule has 0 radical (unpaired) electrons. The third-order valence-electron chi connectivity index (χ3n) is 12.1. The summed E-state index contributed by atoms with van der Waals surface area (Å²) in [6, 6.07) is 28.0. The number of benzene rings is 4. The van der Waals surface area contributed by atoms with Gasteiger partial charge in [-0.2, -0.15) is 5.06 Å². The summed E-state index contributed by atoms with van der Waals surface area (Å²) in [5, 5.41) is 22.2. The zero-order chi connectivity index (χ0) is 45.0. The SMILES string of the molecule is C=C(c1ccc(OCC2C=C3C(=CC2)C(=O)C[C@]3(C)O)cc1)c1ccc(Oc2ccc3c(c2)C(=O)N(c2ccc(CCOC(=O)CCCCCN4C(=O)C=CC4(C)O)cc2)OC3)cc1. The Morgan fingerprint density at radius 2 is 1.58 bits per heavy atom. The Balaban J connectivity index is 0.778. The largest absolute Gasteiger partial charge is 0.493 e. The summed E-state index contributed by atoms with van der Waals surface area (Å²) in [6.45, 7) is 8.87. The average Bonchev–Trinajstić information content (AvgIpc) is 3.69. The topological polar surface area (TPSA) is 152 Å². The molecule has 2 aliphatic heterocycles. The number of hydroxylamine groups is 1. The monoisotopic (exact) mass is 864 g/mol. The van der Waals surface area contributed by atoms with Crippen molar-refractivity contribution in [1.29, 1.82) is 0 Å². The summed E-state index contributed by atoms with van der Waals surface area (Å²) in [5.41, 5.74) is 4.40. The van der Waals surface area contributed by atoms with Crippen molar-refractivity contribution < 1.29 is 48.4 Å². The number of carbonyl (C=O) groups is 4. The first-order valence-corrected chi connectivity index (χ1v) is 21.7. The van der Waals surface area contributed by atoms with E-state index in [0.29, 0.717) is 72.7 Å². The molecule has 330 valence electrons. The second-order valence-electron chi connectivity index (χ2n) is 17.1. The molecule has 1 fully saturated rings. The van der Waals surface area contributed by atoms with Crippen LogP contribution in [0.4, 0.5) is 5.69 Å². The normalized spacial score (nSPS) is 21.3. The summed E-state index contributed by atoms with van der Waals surface area (Å²) >= 11 is 0. The molecule has 2 aliphatic carbocycles. The van der Waals surface area contributed by atoms with Gasteiger partial charge >= 0.3 is 5.97 Å². The predicted octanol–water partition coefficient (Wildman–Crippen LogP) is 8.36. The van der Waals surface area contributed by atoms with Gasteiger partial charge in [-0.25, -0.2) is 0 Å². The van der Waals surface area contributed by atoms with E-state index in [9.17, 15) is 29.4 Å². The third-order valence-corrected chi connectivity index (χ3v) is 12.1. The second kappa shape index (κ2) is 18.6. The fourth-order valence-electron chi connectivity index (χ4n) is 8.38. The average molecular weight is 865 g/mol. The van der Waals surface area contributed by atoms with Crippen molar-refractivity contribution >= 4 is 34.8 Å². The fraction of sp³-hybridized carbons (Fsp3) is 0.308. The molecule has 0 saturated heterocycles. The van der Waals surface area contributed by atoms with Gasteiger partial charge in [-0.05, 0) is 121 Å². The van der Waals surface area contributed by atoms with Crippen LogP contribution in [0.25, 0.3) is 5.57 Å². The first-order chi connectivity index (χ1) is 30.7. The Labute approximate surface area is 372 Å². The first-order valence-electron chi connectivity index (χ1n) is 21.7. The van der Waals surface area contributed by atoms with Gasteiger partial charge in [-0.15, -0.1) is 0 Å². The quantitative estimate of drug-likeness (QED) is 0.0783. The highest BCUT2D eigenvalue weighted by atomic mass is 16.7. The van der Waals surface area contributed by atoms with Crippen LogP contribution in [-0.4, -0.2) is 69.8 Å². The summed E-state index contributed by atoms with van der Waals surface area (Å²) in [5.74, 6) is 1.08. The number of unbranched alkanes of at least 4 members (excludes halogenated alkanes) is 2. The molecule has 0 aromatic heterocycles. The van der Waals surface area contributed by atoms with E-state index in [-0.39, 0.29) is 55.5 Å². The lowest BCUT2D eigenvalue weighted by Gasteiger charge is -2.29. The minimum absolute atomic E-state index is 0.00636. The van der Waals surface area contributed by atoms with E-state index in [1.165, 1.54) is 22.1 Å². The van der Waals surface area contributed by atoms with Gasteiger partial charge in [-0.3, -0.25) is 24.0 Å². The number of ether oxygens (including phenoxy) is 3. The maximum absolute atomic E-state index is 13.7. The van der Waals surface area contributed by atoms with Crippen LogP contribution in [0.15, 0.2) is 133 Å². The van der Waals surface area contributed by atoms with Gasteiger partial charge in [0.05, 0.1) is 30.1 Å². The van der Waals surface area contributed by atoms with Crippen LogP contribution < -0.4 is 14.5 Å². The molecule has 1 saturated carbocycles. The smallest absolute Gasteiger partial charge is 0.305 e. The van der Waals surface area contributed by atoms with E-state index in [1.54, 1.807) is 32.0 Å². The molecule has 2 unspecified atom stereocenters. The maximum Gasteiger partial charge on any atom is 0.305 e. The molecule has 2 amide bonds. The minimum Gasteiger partial charge on any atom is -0.493 e. The van der Waals surface area contributed by atoms with Gasteiger partial charge in [0.1, 0.15) is 23.9 Å². The van der Waals surface area contributed by atoms with E-state index in [1.807, 2.05) is 84.9 Å². The lowest BCUT2D eigenvalue weighted by Crippen LogP contribution is -2.44. The number of Topliss-reactive ketones (excluding diaryl/α,β-unsaturated/α-hetero) is 1. The van der Waals surface area contributed by atoms with Crippen LogP contribution in [0.1, 0.15) is 85.0 Å². The number of aliphatic hydroxyl groups is 2. The van der Waals surface area contributed by atoms with E-state index >= 15 is 0 Å². The number of allylic oxidation sites excluding steroid dienone is 1. The maximum atomic E-state index is 13.7. The van der Waals surface area contributed by atoms with Crippen molar-refractivity contribution in [2.75, 3.05) is 24.8 Å². The number of hydrogen-bond donors (Lipinski definition) is 2. The third kappa shape index (κ3) is 9.94. The van der Waals surface area contributed by atoms with Gasteiger partial charge in [-0.1, -0.05) is 67.6 Å². The molecular formula is C52H52N2O10. The first kappa shape index (κ1) is 44.0. The number of rotatable bonds is 17. The Bertz CT molecular complexity index is 2530. The van der Waals surface area contributed by atoms with Crippen molar-refractivity contribution in [2.45, 2.75) is 76.7 Å². The summed E-state index contributed by atoms with van der Waals surface area (Å²) in [7, 11) is 0. The number of esters is 1. The van der Waals surface area contributed by atoms with Crippen LogP contribution in [-0.2, 0) is 37.0 Å².